The maximum Gasteiger partial charge on any atom is 0.282 e. The van der Waals surface area contributed by atoms with Crippen molar-refractivity contribution in [3.05, 3.63) is 62.6 Å². The van der Waals surface area contributed by atoms with Gasteiger partial charge in [0, 0.05) is 16.0 Å². The molecule has 0 bridgehead atoms. The van der Waals surface area contributed by atoms with Gasteiger partial charge in [0.05, 0.1) is 24.2 Å². The molecule has 0 radical (unpaired) electrons. The zero-order valence-corrected chi connectivity index (χ0v) is 16.9. The van der Waals surface area contributed by atoms with E-state index in [1.807, 2.05) is 26.0 Å². The Kier molecular flexibility index (Phi) is 5.60. The molecule has 0 aliphatic heterocycles. The Bertz CT molecular complexity index is 1080. The molecular weight excluding hydrogens is 410 g/mol. The van der Waals surface area contributed by atoms with E-state index >= 15 is 0 Å². The molecule has 1 N–H and O–H groups in total. The number of hydrogen-bond donors (Lipinski definition) is 1. The average molecular weight is 430 g/mol. The van der Waals surface area contributed by atoms with Crippen LogP contribution in [0.25, 0.3) is 10.9 Å². The number of rotatable bonds is 5. The van der Waals surface area contributed by atoms with Gasteiger partial charge in [0.2, 0.25) is 0 Å². The molecule has 0 aliphatic carbocycles. The zero-order valence-electron chi connectivity index (χ0n) is 15.3. The molecule has 3 aromatic rings. The Morgan fingerprint density at radius 3 is 2.85 bits per heavy atom. The van der Waals surface area contributed by atoms with Crippen LogP contribution in [0.15, 0.2) is 50.8 Å². The van der Waals surface area contributed by atoms with E-state index in [0.29, 0.717) is 28.0 Å². The monoisotopic (exact) mass is 429 g/mol. The van der Waals surface area contributed by atoms with Crippen LogP contribution in [0.2, 0.25) is 0 Å². The van der Waals surface area contributed by atoms with Gasteiger partial charge < -0.3 is 9.84 Å². The van der Waals surface area contributed by atoms with Crippen molar-refractivity contribution in [2.24, 2.45) is 5.10 Å². The van der Waals surface area contributed by atoms with E-state index < -0.39 is 0 Å². The second-order valence-corrected chi connectivity index (χ2v) is 7.12. The third-order valence-corrected chi connectivity index (χ3v) is 4.94. The summed E-state index contributed by atoms with van der Waals surface area (Å²) < 4.78 is 7.22. The molecule has 140 valence electrons. The van der Waals surface area contributed by atoms with Crippen LogP contribution in [0.3, 0.4) is 0 Å². The van der Waals surface area contributed by atoms with Crippen LogP contribution in [0.4, 0.5) is 0 Å². The molecule has 7 heteroatoms. The van der Waals surface area contributed by atoms with Crippen LogP contribution in [-0.4, -0.2) is 28.1 Å². The van der Waals surface area contributed by atoms with Gasteiger partial charge in [-0.05, 0) is 36.8 Å². The van der Waals surface area contributed by atoms with E-state index in [9.17, 15) is 9.90 Å². The number of aromatic nitrogens is 2. The minimum absolute atomic E-state index is 0.0293. The van der Waals surface area contributed by atoms with Gasteiger partial charge in [-0.3, -0.25) is 4.79 Å². The number of methoxy groups -OCH3 is 1. The number of para-hydroxylation sites is 1. The van der Waals surface area contributed by atoms with Gasteiger partial charge in [-0.25, -0.2) is 4.98 Å². The maximum atomic E-state index is 13.1. The number of benzene rings is 2. The number of halogens is 1. The van der Waals surface area contributed by atoms with Crippen molar-refractivity contribution in [1.82, 2.24) is 9.66 Å². The molecule has 1 aromatic heterocycles. The SMILES string of the molecule is CC[C@H](C)c1nc2ccc(Br)cc2c(=O)n1N=Cc1cccc(OC)c1O. The molecule has 3 rings (SSSR count). The fourth-order valence-corrected chi connectivity index (χ4v) is 3.07. The third-order valence-electron chi connectivity index (χ3n) is 4.45. The summed E-state index contributed by atoms with van der Waals surface area (Å²) in [6.45, 7) is 4.03. The normalized spacial score (nSPS) is 12.6. The van der Waals surface area contributed by atoms with Crippen molar-refractivity contribution < 1.29 is 9.84 Å². The Balaban J connectivity index is 2.20. The molecule has 1 heterocycles. The highest BCUT2D eigenvalue weighted by Crippen LogP contribution is 2.28. The van der Waals surface area contributed by atoms with Crippen molar-refractivity contribution in [2.45, 2.75) is 26.2 Å². The fraction of sp³-hybridized carbons (Fsp3) is 0.250. The summed E-state index contributed by atoms with van der Waals surface area (Å²) >= 11 is 3.39. The van der Waals surface area contributed by atoms with Crippen molar-refractivity contribution in [3.8, 4) is 11.5 Å². The number of fused-ring (bicyclic) bond motifs is 1. The quantitative estimate of drug-likeness (QED) is 0.614. The number of ether oxygens (including phenoxy) is 1. The summed E-state index contributed by atoms with van der Waals surface area (Å²) in [5, 5.41) is 15.1. The first kappa shape index (κ1) is 19.1. The highest BCUT2D eigenvalue weighted by molar-refractivity contribution is 9.10. The molecular formula is C20H20BrN3O3. The lowest BCUT2D eigenvalue weighted by Gasteiger charge is -2.14. The topological polar surface area (TPSA) is 76.7 Å². The summed E-state index contributed by atoms with van der Waals surface area (Å²) in [6.07, 6.45) is 2.25. The van der Waals surface area contributed by atoms with Gasteiger partial charge in [0.1, 0.15) is 5.82 Å². The molecule has 0 fully saturated rings. The summed E-state index contributed by atoms with van der Waals surface area (Å²) in [4.78, 5) is 17.7. The zero-order chi connectivity index (χ0) is 19.6. The van der Waals surface area contributed by atoms with Crippen LogP contribution in [0.1, 0.15) is 37.6 Å². The number of aromatic hydroxyl groups is 1. The van der Waals surface area contributed by atoms with Crippen molar-refractivity contribution in [3.63, 3.8) is 0 Å². The Hall–Kier alpha value is -2.67. The lowest BCUT2D eigenvalue weighted by molar-refractivity contribution is 0.373. The lowest BCUT2D eigenvalue weighted by atomic mass is 10.1. The minimum Gasteiger partial charge on any atom is -0.504 e. The summed E-state index contributed by atoms with van der Waals surface area (Å²) in [5.74, 6) is 0.935. The standard InChI is InChI=1S/C20H20BrN3O3/c1-4-12(2)19-23-16-9-8-14(21)10-15(16)20(26)24(19)22-11-13-6-5-7-17(27-3)18(13)25/h5-12,25H,4H2,1-3H3/t12-/m0/s1. The van der Waals surface area contributed by atoms with Crippen LogP contribution in [-0.2, 0) is 0 Å². The van der Waals surface area contributed by atoms with Crippen molar-refractivity contribution >= 4 is 33.0 Å². The molecule has 0 saturated carbocycles. The second-order valence-electron chi connectivity index (χ2n) is 6.20. The van der Waals surface area contributed by atoms with E-state index in [4.69, 9.17) is 4.74 Å². The first-order valence-electron chi connectivity index (χ1n) is 8.58. The van der Waals surface area contributed by atoms with E-state index in [1.54, 1.807) is 24.3 Å². The Morgan fingerprint density at radius 1 is 1.37 bits per heavy atom. The molecule has 6 nitrogen and oxygen atoms in total. The smallest absolute Gasteiger partial charge is 0.282 e. The van der Waals surface area contributed by atoms with E-state index in [1.165, 1.54) is 18.0 Å². The van der Waals surface area contributed by atoms with Gasteiger partial charge >= 0.3 is 0 Å². The van der Waals surface area contributed by atoms with Crippen molar-refractivity contribution in [1.29, 1.82) is 0 Å². The first-order valence-corrected chi connectivity index (χ1v) is 9.38. The number of phenolic OH excluding ortho intramolecular Hbond substituents is 1. The van der Waals surface area contributed by atoms with Gasteiger partial charge in [-0.1, -0.05) is 35.8 Å². The number of hydrogen-bond acceptors (Lipinski definition) is 5. The summed E-state index contributed by atoms with van der Waals surface area (Å²) in [7, 11) is 1.48. The Labute approximate surface area is 165 Å². The maximum absolute atomic E-state index is 13.1. The molecule has 0 aliphatic rings. The van der Waals surface area contributed by atoms with Crippen LogP contribution >= 0.6 is 15.9 Å². The number of phenols is 1. The molecule has 0 saturated heterocycles. The Morgan fingerprint density at radius 2 is 2.15 bits per heavy atom. The highest BCUT2D eigenvalue weighted by atomic mass is 79.9. The third kappa shape index (κ3) is 3.73. The molecule has 2 aromatic carbocycles. The molecule has 0 spiro atoms. The minimum atomic E-state index is -0.254. The predicted octanol–water partition coefficient (Wildman–Crippen LogP) is 4.27. The van der Waals surface area contributed by atoms with E-state index in [-0.39, 0.29) is 17.2 Å². The van der Waals surface area contributed by atoms with Crippen LogP contribution < -0.4 is 10.3 Å². The predicted molar refractivity (Wildman–Crippen MR) is 110 cm³/mol. The summed E-state index contributed by atoms with van der Waals surface area (Å²) in [5.41, 5.74) is 0.829. The van der Waals surface area contributed by atoms with Gasteiger partial charge in [0.15, 0.2) is 11.5 Å². The largest absolute Gasteiger partial charge is 0.504 e. The molecule has 27 heavy (non-hydrogen) atoms. The van der Waals surface area contributed by atoms with Gasteiger partial charge in [0.25, 0.3) is 5.56 Å². The second kappa shape index (κ2) is 7.92. The van der Waals surface area contributed by atoms with Crippen LogP contribution in [0.5, 0.6) is 11.5 Å². The van der Waals surface area contributed by atoms with E-state index in [0.717, 1.165) is 10.9 Å². The van der Waals surface area contributed by atoms with Gasteiger partial charge in [-0.2, -0.15) is 9.78 Å². The fourth-order valence-electron chi connectivity index (χ4n) is 2.71. The molecule has 0 unspecified atom stereocenters. The molecule has 1 atom stereocenters. The van der Waals surface area contributed by atoms with Crippen LogP contribution in [0, 0.1) is 0 Å². The highest BCUT2D eigenvalue weighted by Gasteiger charge is 2.16. The lowest BCUT2D eigenvalue weighted by Crippen LogP contribution is -2.23. The summed E-state index contributed by atoms with van der Waals surface area (Å²) in [6, 6.07) is 10.5. The number of nitrogens with zero attached hydrogens (tertiary/aromatic N) is 3. The van der Waals surface area contributed by atoms with E-state index in [2.05, 4.69) is 26.0 Å². The average Bonchev–Trinajstić information content (AvgIpc) is 2.68. The first-order chi connectivity index (χ1) is 13.0. The van der Waals surface area contributed by atoms with Crippen molar-refractivity contribution in [2.75, 3.05) is 7.11 Å². The molecule has 0 amide bonds. The van der Waals surface area contributed by atoms with Gasteiger partial charge in [-0.15, -0.1) is 0 Å².